The van der Waals surface area contributed by atoms with Crippen molar-refractivity contribution in [1.29, 1.82) is 0 Å². The number of rotatable bonds is 8. The van der Waals surface area contributed by atoms with Crippen LogP contribution in [0.15, 0.2) is 54.7 Å². The fourth-order valence-corrected chi connectivity index (χ4v) is 7.02. The van der Waals surface area contributed by atoms with Gasteiger partial charge in [0.1, 0.15) is 5.82 Å². The Kier molecular flexibility index (Phi) is 9.26. The summed E-state index contributed by atoms with van der Waals surface area (Å²) in [5.41, 5.74) is 9.80. The molecule has 1 aliphatic carbocycles. The van der Waals surface area contributed by atoms with Gasteiger partial charge in [-0.05, 0) is 99.8 Å². The normalized spacial score (nSPS) is 19.9. The van der Waals surface area contributed by atoms with Crippen LogP contribution in [-0.4, -0.2) is 65.1 Å². The Morgan fingerprint density at radius 1 is 0.909 bits per heavy atom. The number of primary amides is 1. The van der Waals surface area contributed by atoms with E-state index in [1.54, 1.807) is 6.20 Å². The number of aryl methyl sites for hydroxylation is 1. The first-order valence-corrected chi connectivity index (χ1v) is 16.1. The van der Waals surface area contributed by atoms with Crippen LogP contribution in [-0.2, 0) is 0 Å². The van der Waals surface area contributed by atoms with Crippen molar-refractivity contribution in [2.75, 3.05) is 41.7 Å². The number of urea groups is 1. The molecule has 2 saturated heterocycles. The van der Waals surface area contributed by atoms with E-state index in [2.05, 4.69) is 42.9 Å². The number of carbonyl (C=O) groups excluding carboxylic acids is 2. The molecule has 1 atom stereocenters. The summed E-state index contributed by atoms with van der Waals surface area (Å²) in [6.45, 7) is 5.72. The molecular weight excluding hydrogens is 552 g/mol. The topological polar surface area (TPSA) is 129 Å². The molecule has 232 valence electrons. The Balaban J connectivity index is 1.08. The molecule has 1 aromatic heterocycles. The summed E-state index contributed by atoms with van der Waals surface area (Å²) in [5.74, 6) is 0.905. The maximum atomic E-state index is 12.7. The summed E-state index contributed by atoms with van der Waals surface area (Å²) in [6.07, 6.45) is 11.2. The van der Waals surface area contributed by atoms with Gasteiger partial charge in [0.05, 0.1) is 6.20 Å². The molecule has 0 radical (unpaired) electrons. The van der Waals surface area contributed by atoms with E-state index < -0.39 is 5.91 Å². The van der Waals surface area contributed by atoms with Crippen molar-refractivity contribution >= 4 is 34.9 Å². The molecule has 10 nitrogen and oxygen atoms in total. The highest BCUT2D eigenvalue weighted by atomic mass is 16.2. The van der Waals surface area contributed by atoms with Gasteiger partial charge in [-0.3, -0.25) is 4.79 Å². The molecule has 3 aliphatic rings. The van der Waals surface area contributed by atoms with E-state index in [4.69, 9.17) is 10.7 Å². The Morgan fingerprint density at radius 2 is 1.68 bits per heavy atom. The second-order valence-corrected chi connectivity index (χ2v) is 12.5. The zero-order valence-corrected chi connectivity index (χ0v) is 25.6. The molecule has 1 saturated carbocycles. The van der Waals surface area contributed by atoms with Crippen molar-refractivity contribution in [3.05, 3.63) is 71.5 Å². The molecule has 3 amide bonds. The third-order valence-electron chi connectivity index (χ3n) is 9.37. The lowest BCUT2D eigenvalue weighted by molar-refractivity contribution is 0.0996. The van der Waals surface area contributed by atoms with Crippen LogP contribution in [0, 0.1) is 6.92 Å². The van der Waals surface area contributed by atoms with Crippen molar-refractivity contribution in [3.8, 4) is 0 Å². The molecule has 5 N–H and O–H groups in total. The van der Waals surface area contributed by atoms with Gasteiger partial charge in [0.2, 0.25) is 0 Å². The molecule has 10 heteroatoms. The molecule has 6 rings (SSSR count). The number of aromatic nitrogens is 2. The lowest BCUT2D eigenvalue weighted by atomic mass is 9.88. The van der Waals surface area contributed by atoms with Crippen LogP contribution in [0.25, 0.3) is 0 Å². The van der Waals surface area contributed by atoms with Gasteiger partial charge in [0.25, 0.3) is 5.91 Å². The zero-order chi connectivity index (χ0) is 30.5. The number of nitrogens with zero attached hydrogens (tertiary/aromatic N) is 4. The van der Waals surface area contributed by atoms with Crippen LogP contribution in [0.2, 0.25) is 0 Å². The minimum Gasteiger partial charge on any atom is -0.364 e. The van der Waals surface area contributed by atoms with E-state index in [0.717, 1.165) is 42.4 Å². The van der Waals surface area contributed by atoms with Crippen molar-refractivity contribution in [2.45, 2.75) is 76.3 Å². The average molecular weight is 597 g/mol. The summed E-state index contributed by atoms with van der Waals surface area (Å²) >= 11 is 0. The first-order valence-electron chi connectivity index (χ1n) is 16.1. The minimum absolute atomic E-state index is 0.0554. The third-order valence-corrected chi connectivity index (χ3v) is 9.37. The number of likely N-dealkylation sites (tertiary alicyclic amines) is 1. The summed E-state index contributed by atoms with van der Waals surface area (Å²) in [5, 5.41) is 9.30. The monoisotopic (exact) mass is 596 g/mol. The maximum Gasteiger partial charge on any atom is 0.319 e. The molecule has 44 heavy (non-hydrogen) atoms. The SMILES string of the molecule is Cc1cccc(NC(=O)NC2CCCN(c3cnc(C(N)=O)c(Nc4ccc(C5CCN(C6CCCC6)CC5)cc4)n3)C2)c1. The highest BCUT2D eigenvalue weighted by Crippen LogP contribution is 2.33. The van der Waals surface area contributed by atoms with Gasteiger partial charge < -0.3 is 31.5 Å². The largest absolute Gasteiger partial charge is 0.364 e. The fraction of sp³-hybridized carbons (Fsp3) is 0.471. The van der Waals surface area contributed by atoms with Crippen molar-refractivity contribution in [2.24, 2.45) is 5.73 Å². The molecule has 1 unspecified atom stereocenters. The molecule has 0 bridgehead atoms. The number of piperidine rings is 2. The van der Waals surface area contributed by atoms with Crippen molar-refractivity contribution < 1.29 is 9.59 Å². The lowest BCUT2D eigenvalue weighted by Gasteiger charge is -2.36. The Hall–Kier alpha value is -4.18. The number of anilines is 4. The molecule has 3 fully saturated rings. The van der Waals surface area contributed by atoms with Gasteiger partial charge >= 0.3 is 6.03 Å². The quantitative estimate of drug-likeness (QED) is 0.269. The third kappa shape index (κ3) is 7.30. The van der Waals surface area contributed by atoms with E-state index in [1.807, 2.05) is 43.3 Å². The van der Waals surface area contributed by atoms with E-state index in [1.165, 1.54) is 57.2 Å². The molecular formula is C34H44N8O2. The van der Waals surface area contributed by atoms with E-state index in [-0.39, 0.29) is 17.8 Å². The summed E-state index contributed by atoms with van der Waals surface area (Å²) < 4.78 is 0. The summed E-state index contributed by atoms with van der Waals surface area (Å²) in [4.78, 5) is 38.9. The predicted octanol–water partition coefficient (Wildman–Crippen LogP) is 5.54. The van der Waals surface area contributed by atoms with Crippen molar-refractivity contribution in [1.82, 2.24) is 20.2 Å². The maximum absolute atomic E-state index is 12.7. The highest BCUT2D eigenvalue weighted by Gasteiger charge is 2.28. The predicted molar refractivity (Wildman–Crippen MR) is 175 cm³/mol. The van der Waals surface area contributed by atoms with Gasteiger partial charge in [0, 0.05) is 36.5 Å². The average Bonchev–Trinajstić information content (AvgIpc) is 3.57. The van der Waals surface area contributed by atoms with Crippen molar-refractivity contribution in [3.63, 3.8) is 0 Å². The van der Waals surface area contributed by atoms with Gasteiger partial charge in [-0.25, -0.2) is 14.8 Å². The smallest absolute Gasteiger partial charge is 0.319 e. The van der Waals surface area contributed by atoms with Crippen LogP contribution in [0.3, 0.4) is 0 Å². The standard InChI is InChI=1S/C34H44N8O2/c1-23-6-4-7-27(20-23)38-34(44)39-28-8-5-17-42(22-28)30-21-36-31(32(35)43)33(40-30)37-26-13-11-24(12-14-26)25-15-18-41(19-16-25)29-9-2-3-10-29/h4,6-7,11-14,20-21,25,28-29H,2-3,5,8-10,15-19,22H2,1H3,(H2,35,43)(H,37,40)(H2,38,39,44). The van der Waals surface area contributed by atoms with Gasteiger partial charge in [0.15, 0.2) is 11.5 Å². The zero-order valence-electron chi connectivity index (χ0n) is 25.6. The van der Waals surface area contributed by atoms with Gasteiger partial charge in [-0.15, -0.1) is 0 Å². The lowest BCUT2D eigenvalue weighted by Crippen LogP contribution is -2.49. The molecule has 3 aromatic rings. The molecule has 2 aliphatic heterocycles. The number of nitrogens with one attached hydrogen (secondary N) is 3. The first-order chi connectivity index (χ1) is 21.4. The number of benzene rings is 2. The molecule has 3 heterocycles. The Labute approximate surface area is 259 Å². The Bertz CT molecular complexity index is 1450. The molecule has 2 aromatic carbocycles. The highest BCUT2D eigenvalue weighted by molar-refractivity contribution is 5.96. The summed E-state index contributed by atoms with van der Waals surface area (Å²) in [6, 6.07) is 16.7. The minimum atomic E-state index is -0.636. The Morgan fingerprint density at radius 3 is 2.41 bits per heavy atom. The van der Waals surface area contributed by atoms with Crippen LogP contribution >= 0.6 is 0 Å². The summed E-state index contributed by atoms with van der Waals surface area (Å²) in [7, 11) is 0. The number of carbonyl (C=O) groups is 2. The van der Waals surface area contributed by atoms with Crippen LogP contribution in [0.1, 0.15) is 78.9 Å². The second kappa shape index (κ2) is 13.6. The van der Waals surface area contributed by atoms with E-state index in [9.17, 15) is 9.59 Å². The molecule has 0 spiro atoms. The number of nitrogens with two attached hydrogens (primary N) is 1. The van der Waals surface area contributed by atoms with Gasteiger partial charge in [-0.1, -0.05) is 37.1 Å². The number of hydrogen-bond donors (Lipinski definition) is 4. The first kappa shape index (κ1) is 29.9. The van der Waals surface area contributed by atoms with Gasteiger partial charge in [-0.2, -0.15) is 0 Å². The van der Waals surface area contributed by atoms with Crippen LogP contribution in [0.5, 0.6) is 0 Å². The van der Waals surface area contributed by atoms with Crippen LogP contribution in [0.4, 0.5) is 27.8 Å². The number of hydrogen-bond acceptors (Lipinski definition) is 7. The van der Waals surface area contributed by atoms with E-state index in [0.29, 0.717) is 24.1 Å². The number of amides is 3. The second-order valence-electron chi connectivity index (χ2n) is 12.5. The van der Waals surface area contributed by atoms with E-state index >= 15 is 0 Å². The van der Waals surface area contributed by atoms with Crippen LogP contribution < -0.4 is 26.6 Å². The fourth-order valence-electron chi connectivity index (χ4n) is 7.02.